The fourth-order valence-electron chi connectivity index (χ4n) is 1.55. The van der Waals surface area contributed by atoms with Crippen LogP contribution in [0.1, 0.15) is 31.7 Å². The first-order valence-corrected chi connectivity index (χ1v) is 6.15. The zero-order valence-electron chi connectivity index (χ0n) is 10.5. The van der Waals surface area contributed by atoms with Gasteiger partial charge in [-0.3, -0.25) is 4.79 Å². The van der Waals surface area contributed by atoms with Gasteiger partial charge >= 0.3 is 0 Å². The second-order valence-corrected chi connectivity index (χ2v) is 4.23. The molecule has 1 aromatic carbocycles. The van der Waals surface area contributed by atoms with Crippen LogP contribution in [0.2, 0.25) is 0 Å². The highest BCUT2D eigenvalue weighted by atomic mass is 16.1. The lowest BCUT2D eigenvalue weighted by molar-refractivity contribution is -0.118. The molecule has 0 radical (unpaired) electrons. The van der Waals surface area contributed by atoms with Crippen LogP contribution in [-0.4, -0.2) is 12.3 Å². The van der Waals surface area contributed by atoms with Crippen molar-refractivity contribution in [1.29, 1.82) is 0 Å². The van der Waals surface area contributed by atoms with E-state index in [0.29, 0.717) is 12.8 Å². The van der Waals surface area contributed by atoms with Crippen LogP contribution in [0.25, 0.3) is 0 Å². The van der Waals surface area contributed by atoms with E-state index in [1.807, 2.05) is 25.1 Å². The van der Waals surface area contributed by atoms with Gasteiger partial charge in [0.15, 0.2) is 0 Å². The van der Waals surface area contributed by atoms with Gasteiger partial charge in [-0.1, -0.05) is 49.4 Å². The molecule has 0 fully saturated rings. The molecule has 92 valence electrons. The number of carbonyl (C=O) groups excluding carboxylic acids is 1. The molecular weight excluding hydrogens is 210 g/mol. The summed E-state index contributed by atoms with van der Waals surface area (Å²) in [5, 5.41) is 3.27. The molecule has 0 atom stereocenters. The first kappa shape index (κ1) is 13.7. The van der Waals surface area contributed by atoms with Crippen molar-refractivity contribution in [2.24, 2.45) is 0 Å². The molecular formula is C15H21NO. The Balaban J connectivity index is 2.12. The van der Waals surface area contributed by atoms with Crippen LogP contribution in [0.15, 0.2) is 42.5 Å². The molecule has 0 aliphatic carbocycles. The molecule has 0 bridgehead atoms. The first-order valence-electron chi connectivity index (χ1n) is 6.15. The second kappa shape index (κ2) is 7.80. The Bertz CT molecular complexity index is 356. The topological polar surface area (TPSA) is 29.1 Å². The summed E-state index contributed by atoms with van der Waals surface area (Å²) in [6, 6.07) is 10.2. The van der Waals surface area contributed by atoms with Gasteiger partial charge in [-0.05, 0) is 12.0 Å². The van der Waals surface area contributed by atoms with Crippen molar-refractivity contribution in [3.8, 4) is 0 Å². The number of hydrogen-bond donors (Lipinski definition) is 1. The Morgan fingerprint density at radius 3 is 2.65 bits per heavy atom. The van der Waals surface area contributed by atoms with E-state index in [9.17, 15) is 4.79 Å². The summed E-state index contributed by atoms with van der Waals surface area (Å²) in [7, 11) is 0. The normalized spacial score (nSPS) is 10.2. The van der Waals surface area contributed by atoms with E-state index in [4.69, 9.17) is 0 Å². The monoisotopic (exact) mass is 231 g/mol. The maximum atomic E-state index is 11.5. The van der Waals surface area contributed by atoms with Gasteiger partial charge in [0, 0.05) is 25.9 Å². The lowest BCUT2D eigenvalue weighted by Crippen LogP contribution is -2.17. The van der Waals surface area contributed by atoms with Gasteiger partial charge in [-0.15, -0.1) is 0 Å². The molecule has 17 heavy (non-hydrogen) atoms. The Kier molecular flexibility index (Phi) is 6.26. The number of nitrogens with one attached hydrogen (secondary N) is 1. The third kappa shape index (κ3) is 6.03. The molecule has 1 aromatic rings. The quantitative estimate of drug-likeness (QED) is 0.550. The SMILES string of the molecule is C=C(CC)CC(=O)CCNCc1ccccc1. The number of hydrogen-bond acceptors (Lipinski definition) is 2. The van der Waals surface area contributed by atoms with Crippen molar-refractivity contribution in [2.75, 3.05) is 6.54 Å². The molecule has 0 amide bonds. The van der Waals surface area contributed by atoms with Gasteiger partial charge in [-0.25, -0.2) is 0 Å². The smallest absolute Gasteiger partial charge is 0.138 e. The molecule has 0 spiro atoms. The summed E-state index contributed by atoms with van der Waals surface area (Å²) in [6.07, 6.45) is 2.01. The highest BCUT2D eigenvalue weighted by Crippen LogP contribution is 2.05. The predicted molar refractivity (Wildman–Crippen MR) is 71.8 cm³/mol. The molecule has 0 unspecified atom stereocenters. The molecule has 0 heterocycles. The van der Waals surface area contributed by atoms with Gasteiger partial charge in [0.1, 0.15) is 5.78 Å². The van der Waals surface area contributed by atoms with Crippen LogP contribution in [-0.2, 0) is 11.3 Å². The Morgan fingerprint density at radius 2 is 2.00 bits per heavy atom. The third-order valence-corrected chi connectivity index (χ3v) is 2.70. The van der Waals surface area contributed by atoms with Crippen LogP contribution in [0.3, 0.4) is 0 Å². The van der Waals surface area contributed by atoms with Crippen molar-refractivity contribution in [3.05, 3.63) is 48.0 Å². The van der Waals surface area contributed by atoms with E-state index in [1.54, 1.807) is 0 Å². The fourth-order valence-corrected chi connectivity index (χ4v) is 1.55. The van der Waals surface area contributed by atoms with Gasteiger partial charge in [0.05, 0.1) is 0 Å². The van der Waals surface area contributed by atoms with Crippen molar-refractivity contribution in [1.82, 2.24) is 5.32 Å². The van der Waals surface area contributed by atoms with Gasteiger partial charge in [0.25, 0.3) is 0 Å². The molecule has 0 aliphatic heterocycles. The van der Waals surface area contributed by atoms with Crippen molar-refractivity contribution in [3.63, 3.8) is 0 Å². The summed E-state index contributed by atoms with van der Waals surface area (Å²) >= 11 is 0. The second-order valence-electron chi connectivity index (χ2n) is 4.23. The summed E-state index contributed by atoms with van der Waals surface area (Å²) in [4.78, 5) is 11.5. The Labute approximate surface area is 104 Å². The van der Waals surface area contributed by atoms with Crippen molar-refractivity contribution >= 4 is 5.78 Å². The predicted octanol–water partition coefficient (Wildman–Crippen LogP) is 3.09. The van der Waals surface area contributed by atoms with E-state index in [-0.39, 0.29) is 5.78 Å². The number of allylic oxidation sites excluding steroid dienone is 1. The van der Waals surface area contributed by atoms with E-state index in [1.165, 1.54) is 5.56 Å². The zero-order valence-corrected chi connectivity index (χ0v) is 10.5. The van der Waals surface area contributed by atoms with Gasteiger partial charge < -0.3 is 5.32 Å². The fraction of sp³-hybridized carbons (Fsp3) is 0.400. The number of ketones is 1. The van der Waals surface area contributed by atoms with E-state index in [0.717, 1.165) is 25.1 Å². The molecule has 2 heteroatoms. The number of benzene rings is 1. The zero-order chi connectivity index (χ0) is 12.5. The van der Waals surface area contributed by atoms with E-state index < -0.39 is 0 Å². The van der Waals surface area contributed by atoms with Crippen molar-refractivity contribution < 1.29 is 4.79 Å². The van der Waals surface area contributed by atoms with E-state index in [2.05, 4.69) is 24.0 Å². The van der Waals surface area contributed by atoms with Crippen LogP contribution < -0.4 is 5.32 Å². The van der Waals surface area contributed by atoms with Gasteiger partial charge in [-0.2, -0.15) is 0 Å². The number of Topliss-reactive ketones (excluding diaryl/α,β-unsaturated/α-hetero) is 1. The lowest BCUT2D eigenvalue weighted by atomic mass is 10.1. The third-order valence-electron chi connectivity index (χ3n) is 2.70. The summed E-state index contributed by atoms with van der Waals surface area (Å²) in [6.45, 7) is 7.44. The maximum absolute atomic E-state index is 11.5. The maximum Gasteiger partial charge on any atom is 0.138 e. The molecule has 2 nitrogen and oxygen atoms in total. The molecule has 0 saturated heterocycles. The molecule has 0 aromatic heterocycles. The molecule has 0 aliphatic rings. The number of rotatable bonds is 8. The Hall–Kier alpha value is -1.41. The van der Waals surface area contributed by atoms with Crippen molar-refractivity contribution in [2.45, 2.75) is 32.7 Å². The summed E-state index contributed by atoms with van der Waals surface area (Å²) < 4.78 is 0. The minimum atomic E-state index is 0.275. The first-order chi connectivity index (χ1) is 8.22. The van der Waals surface area contributed by atoms with Crippen LogP contribution >= 0.6 is 0 Å². The van der Waals surface area contributed by atoms with Crippen LogP contribution in [0.5, 0.6) is 0 Å². The average molecular weight is 231 g/mol. The molecule has 0 saturated carbocycles. The van der Waals surface area contributed by atoms with Crippen LogP contribution in [0, 0.1) is 0 Å². The largest absolute Gasteiger partial charge is 0.312 e. The highest BCUT2D eigenvalue weighted by molar-refractivity contribution is 5.80. The Morgan fingerprint density at radius 1 is 1.29 bits per heavy atom. The van der Waals surface area contributed by atoms with Crippen LogP contribution in [0.4, 0.5) is 0 Å². The van der Waals surface area contributed by atoms with Gasteiger partial charge in [0.2, 0.25) is 0 Å². The lowest BCUT2D eigenvalue weighted by Gasteiger charge is -2.05. The average Bonchev–Trinajstić information content (AvgIpc) is 2.36. The minimum Gasteiger partial charge on any atom is -0.312 e. The molecule has 1 N–H and O–H groups in total. The number of carbonyl (C=O) groups is 1. The molecule has 1 rings (SSSR count). The standard InChI is InChI=1S/C15H21NO/c1-3-13(2)11-15(17)9-10-16-12-14-7-5-4-6-8-14/h4-8,16H,2-3,9-12H2,1H3. The summed E-state index contributed by atoms with van der Waals surface area (Å²) in [5.41, 5.74) is 2.27. The summed E-state index contributed by atoms with van der Waals surface area (Å²) in [5.74, 6) is 0.275. The highest BCUT2D eigenvalue weighted by Gasteiger charge is 2.02. The minimum absolute atomic E-state index is 0.275. The van der Waals surface area contributed by atoms with E-state index >= 15 is 0 Å².